The van der Waals surface area contributed by atoms with Crippen LogP contribution in [-0.2, 0) is 0 Å². The average Bonchev–Trinajstić information content (AvgIpc) is 2.33. The minimum Gasteiger partial charge on any atom is -0.373 e. The summed E-state index contributed by atoms with van der Waals surface area (Å²) < 4.78 is 26.6. The summed E-state index contributed by atoms with van der Waals surface area (Å²) >= 11 is 5.80. The van der Waals surface area contributed by atoms with Gasteiger partial charge in [-0.3, -0.25) is 0 Å². The molecule has 0 aliphatic rings. The van der Waals surface area contributed by atoms with E-state index in [1.54, 1.807) is 20.0 Å². The first-order valence-electron chi connectivity index (χ1n) is 5.44. The van der Waals surface area contributed by atoms with E-state index in [2.05, 4.69) is 20.6 Å². The van der Waals surface area contributed by atoms with E-state index in [1.807, 2.05) is 0 Å². The molecule has 0 atom stereocenters. The number of aryl methyl sites for hydroxylation is 1. The van der Waals surface area contributed by atoms with E-state index in [0.29, 0.717) is 17.5 Å². The fraction of sp³-hybridized carbons (Fsp3) is 0.167. The first-order chi connectivity index (χ1) is 8.99. The lowest BCUT2D eigenvalue weighted by Crippen LogP contribution is -2.03. The van der Waals surface area contributed by atoms with Crippen LogP contribution in [0.2, 0.25) is 5.02 Å². The van der Waals surface area contributed by atoms with Gasteiger partial charge in [0.2, 0.25) is 0 Å². The molecule has 0 spiro atoms. The Morgan fingerprint density at radius 3 is 2.42 bits per heavy atom. The Bertz CT molecular complexity index is 596. The van der Waals surface area contributed by atoms with Crippen molar-refractivity contribution in [1.29, 1.82) is 0 Å². The Morgan fingerprint density at radius 2 is 1.79 bits per heavy atom. The normalized spacial score (nSPS) is 10.4. The smallest absolute Gasteiger partial charge is 0.151 e. The minimum atomic E-state index is -0.785. The van der Waals surface area contributed by atoms with Gasteiger partial charge in [-0.15, -0.1) is 0 Å². The summed E-state index contributed by atoms with van der Waals surface area (Å²) in [6.07, 6.45) is 0. The largest absolute Gasteiger partial charge is 0.373 e. The van der Waals surface area contributed by atoms with E-state index in [-0.39, 0.29) is 10.7 Å². The molecule has 2 rings (SSSR count). The molecule has 1 aromatic carbocycles. The summed E-state index contributed by atoms with van der Waals surface area (Å²) in [6, 6.07) is 3.37. The highest BCUT2D eigenvalue weighted by Crippen LogP contribution is 2.29. The van der Waals surface area contributed by atoms with Gasteiger partial charge in [-0.05, 0) is 13.0 Å². The number of aromatic nitrogens is 2. The Hall–Kier alpha value is -1.95. The van der Waals surface area contributed by atoms with Crippen LogP contribution in [0.15, 0.2) is 18.2 Å². The molecule has 0 amide bonds. The van der Waals surface area contributed by atoms with Crippen molar-refractivity contribution in [3.8, 4) is 0 Å². The van der Waals surface area contributed by atoms with Gasteiger partial charge in [0.1, 0.15) is 23.3 Å². The lowest BCUT2D eigenvalue weighted by Gasteiger charge is -2.10. The van der Waals surface area contributed by atoms with Crippen molar-refractivity contribution in [3.05, 3.63) is 40.7 Å². The third-order valence-corrected chi connectivity index (χ3v) is 2.65. The molecule has 100 valence electrons. The van der Waals surface area contributed by atoms with Crippen molar-refractivity contribution >= 4 is 28.9 Å². The molecule has 7 heteroatoms. The third-order valence-electron chi connectivity index (χ3n) is 2.35. The van der Waals surface area contributed by atoms with Crippen molar-refractivity contribution in [3.63, 3.8) is 0 Å². The van der Waals surface area contributed by atoms with Gasteiger partial charge < -0.3 is 10.6 Å². The molecule has 0 radical (unpaired) electrons. The molecular weight excluding hydrogens is 274 g/mol. The van der Waals surface area contributed by atoms with Gasteiger partial charge in [-0.25, -0.2) is 18.7 Å². The molecular formula is C12H11ClF2N4. The predicted molar refractivity (Wildman–Crippen MR) is 71.0 cm³/mol. The van der Waals surface area contributed by atoms with Gasteiger partial charge in [0.15, 0.2) is 5.82 Å². The monoisotopic (exact) mass is 284 g/mol. The van der Waals surface area contributed by atoms with Gasteiger partial charge >= 0.3 is 0 Å². The third kappa shape index (κ3) is 3.08. The maximum atomic E-state index is 13.6. The summed E-state index contributed by atoms with van der Waals surface area (Å²) in [7, 11) is 1.71. The second-order valence-corrected chi connectivity index (χ2v) is 4.21. The summed E-state index contributed by atoms with van der Waals surface area (Å²) in [4.78, 5) is 8.20. The number of rotatable bonds is 3. The zero-order chi connectivity index (χ0) is 14.0. The topological polar surface area (TPSA) is 49.8 Å². The highest BCUT2D eigenvalue weighted by atomic mass is 35.5. The Kier molecular flexibility index (Phi) is 3.80. The van der Waals surface area contributed by atoms with Crippen LogP contribution in [-0.4, -0.2) is 17.0 Å². The van der Waals surface area contributed by atoms with E-state index in [9.17, 15) is 8.78 Å². The quantitative estimate of drug-likeness (QED) is 0.906. The maximum Gasteiger partial charge on any atom is 0.151 e. The zero-order valence-corrected chi connectivity index (χ0v) is 11.0. The van der Waals surface area contributed by atoms with Gasteiger partial charge in [-0.1, -0.05) is 11.6 Å². The maximum absolute atomic E-state index is 13.6. The second kappa shape index (κ2) is 5.36. The molecule has 1 aromatic heterocycles. The Balaban J connectivity index is 2.39. The van der Waals surface area contributed by atoms with Crippen molar-refractivity contribution in [2.24, 2.45) is 0 Å². The SMILES string of the molecule is CNc1cc(Nc2c(F)cc(F)cc2Cl)nc(C)n1. The molecule has 0 saturated heterocycles. The van der Waals surface area contributed by atoms with Crippen molar-refractivity contribution < 1.29 is 8.78 Å². The first kappa shape index (κ1) is 13.5. The molecule has 0 fully saturated rings. The fourth-order valence-corrected chi connectivity index (χ4v) is 1.79. The number of hydrogen-bond acceptors (Lipinski definition) is 4. The van der Waals surface area contributed by atoms with Crippen molar-refractivity contribution in [1.82, 2.24) is 9.97 Å². The zero-order valence-electron chi connectivity index (χ0n) is 10.3. The van der Waals surface area contributed by atoms with E-state index in [1.165, 1.54) is 0 Å². The van der Waals surface area contributed by atoms with Gasteiger partial charge in [0.05, 0.1) is 10.7 Å². The summed E-state index contributed by atoms with van der Waals surface area (Å²) in [6.45, 7) is 1.70. The molecule has 0 aliphatic carbocycles. The van der Waals surface area contributed by atoms with Crippen LogP contribution >= 0.6 is 11.6 Å². The number of nitrogens with one attached hydrogen (secondary N) is 2. The van der Waals surface area contributed by atoms with Crippen molar-refractivity contribution in [2.45, 2.75) is 6.92 Å². The van der Waals surface area contributed by atoms with E-state index >= 15 is 0 Å². The van der Waals surface area contributed by atoms with Gasteiger partial charge in [-0.2, -0.15) is 0 Å². The standard InChI is InChI=1S/C12H11ClF2N4/c1-6-17-10(16-2)5-11(18-6)19-12-8(13)3-7(14)4-9(12)15/h3-5H,1-2H3,(H2,16,17,18,19). The Morgan fingerprint density at radius 1 is 1.11 bits per heavy atom. The second-order valence-electron chi connectivity index (χ2n) is 3.81. The van der Waals surface area contributed by atoms with Gasteiger partial charge in [0.25, 0.3) is 0 Å². The fourth-order valence-electron chi connectivity index (χ4n) is 1.55. The number of nitrogens with zero attached hydrogens (tertiary/aromatic N) is 2. The molecule has 0 unspecified atom stereocenters. The Labute approximate surface area is 113 Å². The molecule has 2 N–H and O–H groups in total. The van der Waals surface area contributed by atoms with Crippen LogP contribution in [0.1, 0.15) is 5.82 Å². The van der Waals surface area contributed by atoms with Crippen LogP contribution in [0, 0.1) is 18.6 Å². The van der Waals surface area contributed by atoms with Crippen LogP contribution in [0.5, 0.6) is 0 Å². The van der Waals surface area contributed by atoms with E-state index in [0.717, 1.165) is 12.1 Å². The molecule has 0 bridgehead atoms. The number of benzene rings is 1. The summed E-state index contributed by atoms with van der Waals surface area (Å²) in [5, 5.41) is 5.52. The highest BCUT2D eigenvalue weighted by molar-refractivity contribution is 6.33. The lowest BCUT2D eigenvalue weighted by molar-refractivity contribution is 0.586. The molecule has 0 saturated carbocycles. The van der Waals surface area contributed by atoms with Crippen molar-refractivity contribution in [2.75, 3.05) is 17.7 Å². The van der Waals surface area contributed by atoms with Gasteiger partial charge in [0, 0.05) is 19.2 Å². The molecule has 4 nitrogen and oxygen atoms in total. The van der Waals surface area contributed by atoms with E-state index < -0.39 is 11.6 Å². The molecule has 0 aliphatic heterocycles. The van der Waals surface area contributed by atoms with E-state index in [4.69, 9.17) is 11.6 Å². The summed E-state index contributed by atoms with van der Waals surface area (Å²) in [5.74, 6) is -0.0685. The molecule has 1 heterocycles. The van der Waals surface area contributed by atoms with Crippen LogP contribution in [0.25, 0.3) is 0 Å². The molecule has 19 heavy (non-hydrogen) atoms. The van der Waals surface area contributed by atoms with Crippen LogP contribution in [0.4, 0.5) is 26.1 Å². The molecule has 2 aromatic rings. The minimum absolute atomic E-state index is 0.0248. The van der Waals surface area contributed by atoms with Crippen LogP contribution < -0.4 is 10.6 Å². The average molecular weight is 285 g/mol. The number of hydrogen-bond donors (Lipinski definition) is 2. The summed E-state index contributed by atoms with van der Waals surface area (Å²) in [5.41, 5.74) is -0.0248. The number of anilines is 3. The number of halogens is 3. The van der Waals surface area contributed by atoms with Crippen LogP contribution in [0.3, 0.4) is 0 Å². The lowest BCUT2D eigenvalue weighted by atomic mass is 10.3. The predicted octanol–water partition coefficient (Wildman–Crippen LogP) is 3.50. The highest BCUT2D eigenvalue weighted by Gasteiger charge is 2.11. The first-order valence-corrected chi connectivity index (χ1v) is 5.82.